The van der Waals surface area contributed by atoms with Gasteiger partial charge in [0.2, 0.25) is 0 Å². The van der Waals surface area contributed by atoms with Crippen LogP contribution in [0.3, 0.4) is 0 Å². The molecule has 0 bridgehead atoms. The monoisotopic (exact) mass is 168 g/mol. The van der Waals surface area contributed by atoms with E-state index in [0.29, 0.717) is 6.10 Å². The molecule has 1 aliphatic heterocycles. The summed E-state index contributed by atoms with van der Waals surface area (Å²) in [6.45, 7) is 3.69. The molecule has 1 fully saturated rings. The summed E-state index contributed by atoms with van der Waals surface area (Å²) in [5, 5.41) is 12.0. The van der Waals surface area contributed by atoms with Gasteiger partial charge in [-0.15, -0.1) is 6.58 Å². The summed E-state index contributed by atoms with van der Waals surface area (Å²) >= 11 is 0. The molecule has 2 unspecified atom stereocenters. The normalized spacial score (nSPS) is 34.7. The molecule has 12 heavy (non-hydrogen) atoms. The number of hydrogen-bond donors (Lipinski definition) is 2. The second-order valence-corrected chi connectivity index (χ2v) is 2.73. The Labute approximate surface area is 71.2 Å². The van der Waals surface area contributed by atoms with Crippen molar-refractivity contribution in [1.29, 1.82) is 0 Å². The number of epoxide rings is 1. The Morgan fingerprint density at radius 3 is 2.83 bits per heavy atom. The maximum atomic E-state index is 6.00. The van der Waals surface area contributed by atoms with E-state index in [1.54, 1.807) is 0 Å². The van der Waals surface area contributed by atoms with Crippen LogP contribution in [-0.4, -0.2) is 22.2 Å². The lowest BCUT2D eigenvalue weighted by Crippen LogP contribution is -2.10. The lowest BCUT2D eigenvalue weighted by atomic mass is 9.97. The Hall–Kier alpha value is -0.900. The van der Waals surface area contributed by atoms with Crippen molar-refractivity contribution >= 4 is 0 Å². The highest BCUT2D eigenvalue weighted by atomic mass is 17.0. The van der Waals surface area contributed by atoms with E-state index >= 15 is 0 Å². The van der Waals surface area contributed by atoms with Gasteiger partial charge in [0.25, 0.3) is 0 Å². The van der Waals surface area contributed by atoms with E-state index in [4.69, 9.17) is 15.3 Å². The van der Waals surface area contributed by atoms with Crippen LogP contribution in [-0.2, 0) is 4.74 Å². The largest absolute Gasteiger partial charge is 0.357 e. The Kier molecular flexibility index (Phi) is 2.81. The first-order valence-electron chi connectivity index (χ1n) is 3.72. The highest BCUT2D eigenvalue weighted by Gasteiger charge is 2.52. The molecule has 2 aliphatic rings. The number of ether oxygens (including phenoxy) is 1. The minimum atomic E-state index is 0.0104. The molecule has 2 N–H and O–H groups in total. The van der Waals surface area contributed by atoms with Crippen LogP contribution in [0.25, 0.3) is 0 Å². The predicted octanol–water partition coefficient (Wildman–Crippen LogP) is 1.84. The Morgan fingerprint density at radius 1 is 1.50 bits per heavy atom. The van der Waals surface area contributed by atoms with Crippen molar-refractivity contribution in [3.8, 4) is 0 Å². The average Bonchev–Trinajstić information content (AvgIpc) is 2.83. The first-order valence-corrected chi connectivity index (χ1v) is 3.72. The molecule has 0 saturated carbocycles. The molecule has 0 radical (unpaired) electrons. The summed E-state index contributed by atoms with van der Waals surface area (Å²) in [6.07, 6.45) is 11.4. The Bertz CT molecular complexity index is 220. The van der Waals surface area contributed by atoms with Gasteiger partial charge in [-0.25, -0.2) is 0 Å². The predicted molar refractivity (Wildman–Crippen MR) is 46.0 cm³/mol. The van der Waals surface area contributed by atoms with E-state index in [2.05, 4.69) is 18.7 Å². The second-order valence-electron chi connectivity index (χ2n) is 2.73. The summed E-state index contributed by atoms with van der Waals surface area (Å²) in [5.74, 6) is 0. The van der Waals surface area contributed by atoms with Crippen molar-refractivity contribution in [3.05, 3.63) is 37.0 Å². The zero-order valence-corrected chi connectivity index (χ0v) is 6.68. The average molecular weight is 168 g/mol. The summed E-state index contributed by atoms with van der Waals surface area (Å²) in [4.78, 5) is 0. The quantitative estimate of drug-likeness (QED) is 0.286. The number of rotatable bonds is 2. The van der Waals surface area contributed by atoms with Gasteiger partial charge in [-0.2, -0.15) is 0 Å². The molecule has 66 valence electrons. The Balaban J connectivity index is 0.000000336. The lowest BCUT2D eigenvalue weighted by Gasteiger charge is -2.03. The van der Waals surface area contributed by atoms with Crippen LogP contribution in [0.1, 0.15) is 6.42 Å². The molecule has 0 spiro atoms. The van der Waals surface area contributed by atoms with Crippen LogP contribution in [0.5, 0.6) is 0 Å². The van der Waals surface area contributed by atoms with Crippen LogP contribution in [0, 0.1) is 0 Å². The van der Waals surface area contributed by atoms with Crippen LogP contribution in [0.15, 0.2) is 37.0 Å². The van der Waals surface area contributed by atoms with E-state index < -0.39 is 0 Å². The third kappa shape index (κ3) is 1.48. The zero-order valence-electron chi connectivity index (χ0n) is 6.68. The Morgan fingerprint density at radius 2 is 2.25 bits per heavy atom. The topological polar surface area (TPSA) is 53.0 Å². The molecule has 3 nitrogen and oxygen atoms in total. The fourth-order valence-corrected chi connectivity index (χ4v) is 1.38. The molecule has 1 heterocycles. The van der Waals surface area contributed by atoms with Gasteiger partial charge in [-0.1, -0.05) is 24.3 Å². The van der Waals surface area contributed by atoms with Gasteiger partial charge in [0, 0.05) is 6.42 Å². The van der Waals surface area contributed by atoms with E-state index in [1.165, 1.54) is 0 Å². The highest BCUT2D eigenvalue weighted by molar-refractivity contribution is 5.32. The summed E-state index contributed by atoms with van der Waals surface area (Å²) < 4.78 is 5.46. The third-order valence-corrected chi connectivity index (χ3v) is 2.01. The smallest absolute Gasteiger partial charge is 0.121 e. The zero-order chi connectivity index (χ0) is 9.03. The van der Waals surface area contributed by atoms with E-state index in [0.717, 1.165) is 6.42 Å². The lowest BCUT2D eigenvalue weighted by molar-refractivity contribution is -0.176. The van der Waals surface area contributed by atoms with Crippen LogP contribution in [0.4, 0.5) is 0 Å². The minimum absolute atomic E-state index is 0.0104. The number of hydrogen-bond acceptors (Lipinski definition) is 3. The van der Waals surface area contributed by atoms with Crippen LogP contribution in [0.2, 0.25) is 0 Å². The molecule has 2 rings (SSSR count). The molecule has 1 aliphatic carbocycles. The maximum Gasteiger partial charge on any atom is 0.121 e. The SMILES string of the molecule is C=CCC12C=CC=CC1O2.OO. The standard InChI is InChI=1S/C9H10O.H2O2/c1-2-6-9-7-4-3-5-8(9)10-9;1-2/h2-5,7-8H,1,6H2;1-2H. The maximum absolute atomic E-state index is 6.00. The van der Waals surface area contributed by atoms with Crippen molar-refractivity contribution in [2.45, 2.75) is 18.1 Å². The molecule has 1 saturated heterocycles. The molecule has 0 amide bonds. The van der Waals surface area contributed by atoms with Gasteiger partial charge in [0.15, 0.2) is 0 Å². The second kappa shape index (κ2) is 3.67. The van der Waals surface area contributed by atoms with Crippen molar-refractivity contribution < 1.29 is 15.3 Å². The molecule has 0 aromatic heterocycles. The molecule has 0 aromatic carbocycles. The van der Waals surface area contributed by atoms with Gasteiger partial charge in [0.05, 0.1) is 0 Å². The minimum Gasteiger partial charge on any atom is -0.357 e. The van der Waals surface area contributed by atoms with Crippen molar-refractivity contribution in [3.63, 3.8) is 0 Å². The van der Waals surface area contributed by atoms with Gasteiger partial charge >= 0.3 is 0 Å². The van der Waals surface area contributed by atoms with Gasteiger partial charge in [-0.05, 0) is 6.08 Å². The first-order chi connectivity index (χ1) is 5.87. The van der Waals surface area contributed by atoms with E-state index in [-0.39, 0.29) is 5.60 Å². The number of fused-ring (bicyclic) bond motifs is 1. The summed E-state index contributed by atoms with van der Waals surface area (Å²) in [6, 6.07) is 0. The van der Waals surface area contributed by atoms with Crippen molar-refractivity contribution in [2.24, 2.45) is 0 Å². The molecular weight excluding hydrogens is 156 g/mol. The van der Waals surface area contributed by atoms with Crippen LogP contribution >= 0.6 is 0 Å². The highest BCUT2D eigenvalue weighted by Crippen LogP contribution is 2.43. The summed E-state index contributed by atoms with van der Waals surface area (Å²) in [7, 11) is 0. The van der Waals surface area contributed by atoms with Gasteiger partial charge in [0.1, 0.15) is 11.7 Å². The molecule has 0 aromatic rings. The first kappa shape index (κ1) is 9.19. The third-order valence-electron chi connectivity index (χ3n) is 2.01. The fraction of sp³-hybridized carbons (Fsp3) is 0.333. The molecular formula is C9H12O3. The van der Waals surface area contributed by atoms with Gasteiger partial charge in [-0.3, -0.25) is 10.5 Å². The molecule has 3 heteroatoms. The van der Waals surface area contributed by atoms with Crippen molar-refractivity contribution in [1.82, 2.24) is 0 Å². The van der Waals surface area contributed by atoms with E-state index in [1.807, 2.05) is 18.2 Å². The van der Waals surface area contributed by atoms with E-state index in [9.17, 15) is 0 Å². The number of allylic oxidation sites excluding steroid dienone is 2. The van der Waals surface area contributed by atoms with Crippen LogP contribution < -0.4 is 0 Å². The van der Waals surface area contributed by atoms with Gasteiger partial charge < -0.3 is 4.74 Å². The summed E-state index contributed by atoms with van der Waals surface area (Å²) in [5.41, 5.74) is 0.0104. The fourth-order valence-electron chi connectivity index (χ4n) is 1.38. The molecule has 2 atom stereocenters. The van der Waals surface area contributed by atoms with Crippen molar-refractivity contribution in [2.75, 3.05) is 0 Å².